The van der Waals surface area contributed by atoms with E-state index in [9.17, 15) is 4.79 Å². The lowest BCUT2D eigenvalue weighted by Gasteiger charge is -2.17. The third-order valence-electron chi connectivity index (χ3n) is 2.73. The molecule has 0 heterocycles. The zero-order valence-corrected chi connectivity index (χ0v) is 10.8. The van der Waals surface area contributed by atoms with E-state index in [0.717, 1.165) is 13.0 Å². The topological polar surface area (TPSA) is 20.3 Å². The van der Waals surface area contributed by atoms with Crippen LogP contribution in [-0.4, -0.2) is 30.2 Å². The van der Waals surface area contributed by atoms with Crippen molar-refractivity contribution in [1.29, 1.82) is 0 Å². The lowest BCUT2D eigenvalue weighted by molar-refractivity contribution is -0.129. The molecule has 0 atom stereocenters. The molecule has 0 radical (unpaired) electrons. The van der Waals surface area contributed by atoms with E-state index >= 15 is 0 Å². The summed E-state index contributed by atoms with van der Waals surface area (Å²) < 4.78 is 0. The molecule has 3 heteroatoms. The second-order valence-corrected chi connectivity index (χ2v) is 4.41. The third kappa shape index (κ3) is 3.89. The highest BCUT2D eigenvalue weighted by molar-refractivity contribution is 7.80. The Morgan fingerprint density at radius 2 is 2.06 bits per heavy atom. The lowest BCUT2D eigenvalue weighted by atomic mass is 10.1. The van der Waals surface area contributed by atoms with E-state index in [4.69, 9.17) is 0 Å². The number of hydrogen-bond donors (Lipinski definition) is 1. The first-order valence-electron chi connectivity index (χ1n) is 5.54. The molecule has 0 saturated heterocycles. The SMILES string of the molecule is Cc1ccccc1CCN(C)C(=O)CCS. The van der Waals surface area contributed by atoms with Crippen LogP contribution >= 0.6 is 12.6 Å². The van der Waals surface area contributed by atoms with Crippen LogP contribution in [0, 0.1) is 6.92 Å². The summed E-state index contributed by atoms with van der Waals surface area (Å²) in [6, 6.07) is 8.30. The molecule has 0 saturated carbocycles. The molecule has 0 spiro atoms. The monoisotopic (exact) mass is 237 g/mol. The molecule has 1 amide bonds. The minimum Gasteiger partial charge on any atom is -0.345 e. The summed E-state index contributed by atoms with van der Waals surface area (Å²) in [4.78, 5) is 13.3. The predicted octanol–water partition coefficient (Wildman–Crippen LogP) is 2.32. The van der Waals surface area contributed by atoms with Crippen LogP contribution in [0.2, 0.25) is 0 Å². The molecule has 88 valence electrons. The van der Waals surface area contributed by atoms with Gasteiger partial charge >= 0.3 is 0 Å². The second kappa shape index (κ2) is 6.59. The van der Waals surface area contributed by atoms with Gasteiger partial charge in [0.25, 0.3) is 0 Å². The molecular formula is C13H19NOS. The summed E-state index contributed by atoms with van der Waals surface area (Å²) >= 11 is 4.06. The van der Waals surface area contributed by atoms with Gasteiger partial charge in [-0.25, -0.2) is 0 Å². The number of aryl methyl sites for hydroxylation is 1. The molecule has 0 bridgehead atoms. The van der Waals surface area contributed by atoms with E-state index < -0.39 is 0 Å². The Balaban J connectivity index is 2.46. The maximum atomic E-state index is 11.5. The molecule has 0 aliphatic rings. The Labute approximate surface area is 103 Å². The quantitative estimate of drug-likeness (QED) is 0.779. The number of amides is 1. The smallest absolute Gasteiger partial charge is 0.223 e. The largest absolute Gasteiger partial charge is 0.345 e. The number of carbonyl (C=O) groups excluding carboxylic acids is 1. The van der Waals surface area contributed by atoms with E-state index in [1.165, 1.54) is 11.1 Å². The average molecular weight is 237 g/mol. The first-order valence-corrected chi connectivity index (χ1v) is 6.17. The number of carbonyl (C=O) groups is 1. The van der Waals surface area contributed by atoms with Crippen molar-refractivity contribution in [2.45, 2.75) is 19.8 Å². The van der Waals surface area contributed by atoms with Gasteiger partial charge in [0, 0.05) is 20.0 Å². The molecule has 0 aromatic heterocycles. The summed E-state index contributed by atoms with van der Waals surface area (Å²) in [7, 11) is 1.85. The summed E-state index contributed by atoms with van der Waals surface area (Å²) in [6.45, 7) is 2.88. The molecular weight excluding hydrogens is 218 g/mol. The maximum Gasteiger partial charge on any atom is 0.223 e. The van der Waals surface area contributed by atoms with Crippen molar-refractivity contribution in [3.05, 3.63) is 35.4 Å². The van der Waals surface area contributed by atoms with Crippen LogP contribution in [0.25, 0.3) is 0 Å². The number of nitrogens with zero attached hydrogens (tertiary/aromatic N) is 1. The van der Waals surface area contributed by atoms with Crippen molar-refractivity contribution in [1.82, 2.24) is 4.90 Å². The first-order chi connectivity index (χ1) is 7.65. The second-order valence-electron chi connectivity index (χ2n) is 3.97. The normalized spacial score (nSPS) is 10.2. The van der Waals surface area contributed by atoms with Gasteiger partial charge in [-0.2, -0.15) is 12.6 Å². The molecule has 1 rings (SSSR count). The molecule has 0 aliphatic heterocycles. The van der Waals surface area contributed by atoms with Gasteiger partial charge in [0.05, 0.1) is 0 Å². The summed E-state index contributed by atoms with van der Waals surface area (Å²) in [6.07, 6.45) is 1.44. The van der Waals surface area contributed by atoms with Gasteiger partial charge in [0.2, 0.25) is 5.91 Å². The number of thiol groups is 1. The minimum absolute atomic E-state index is 0.170. The Hall–Kier alpha value is -0.960. The van der Waals surface area contributed by atoms with Crippen molar-refractivity contribution in [2.75, 3.05) is 19.3 Å². The van der Waals surface area contributed by atoms with Crippen LogP contribution in [0.5, 0.6) is 0 Å². The highest BCUT2D eigenvalue weighted by Crippen LogP contribution is 2.08. The van der Waals surface area contributed by atoms with Crippen molar-refractivity contribution < 1.29 is 4.79 Å². The third-order valence-corrected chi connectivity index (χ3v) is 2.95. The first kappa shape index (κ1) is 13.1. The number of rotatable bonds is 5. The number of likely N-dealkylation sites (N-methyl/N-ethyl adjacent to an activating group) is 1. The minimum atomic E-state index is 0.170. The van der Waals surface area contributed by atoms with Crippen LogP contribution in [0.4, 0.5) is 0 Å². The van der Waals surface area contributed by atoms with Crippen molar-refractivity contribution >= 4 is 18.5 Å². The zero-order valence-electron chi connectivity index (χ0n) is 9.94. The highest BCUT2D eigenvalue weighted by Gasteiger charge is 2.07. The molecule has 0 fully saturated rings. The van der Waals surface area contributed by atoms with E-state index in [1.807, 2.05) is 19.2 Å². The fraction of sp³-hybridized carbons (Fsp3) is 0.462. The summed E-state index contributed by atoms with van der Waals surface area (Å²) in [5.41, 5.74) is 2.60. The molecule has 1 aromatic rings. The highest BCUT2D eigenvalue weighted by atomic mass is 32.1. The van der Waals surface area contributed by atoms with Gasteiger partial charge in [-0.15, -0.1) is 0 Å². The summed E-state index contributed by atoms with van der Waals surface area (Å²) in [5.74, 6) is 0.789. The van der Waals surface area contributed by atoms with Crippen LogP contribution in [0.1, 0.15) is 17.5 Å². The van der Waals surface area contributed by atoms with Gasteiger partial charge in [0.15, 0.2) is 0 Å². The Morgan fingerprint density at radius 3 is 2.69 bits per heavy atom. The maximum absolute atomic E-state index is 11.5. The van der Waals surface area contributed by atoms with Crippen LogP contribution in [0.15, 0.2) is 24.3 Å². The van der Waals surface area contributed by atoms with Gasteiger partial charge in [-0.05, 0) is 30.2 Å². The van der Waals surface area contributed by atoms with Crippen molar-refractivity contribution in [3.63, 3.8) is 0 Å². The van der Waals surface area contributed by atoms with Crippen molar-refractivity contribution in [3.8, 4) is 0 Å². The van der Waals surface area contributed by atoms with Crippen LogP contribution < -0.4 is 0 Å². The number of hydrogen-bond acceptors (Lipinski definition) is 2. The average Bonchev–Trinajstić information content (AvgIpc) is 2.28. The van der Waals surface area contributed by atoms with E-state index in [1.54, 1.807) is 4.90 Å². The Kier molecular flexibility index (Phi) is 5.39. The van der Waals surface area contributed by atoms with E-state index in [0.29, 0.717) is 12.2 Å². The van der Waals surface area contributed by atoms with Gasteiger partial charge in [-0.1, -0.05) is 24.3 Å². The fourth-order valence-electron chi connectivity index (χ4n) is 1.59. The molecule has 0 N–H and O–H groups in total. The number of benzene rings is 1. The van der Waals surface area contributed by atoms with Crippen LogP contribution in [0.3, 0.4) is 0 Å². The molecule has 1 aromatic carbocycles. The van der Waals surface area contributed by atoms with Crippen molar-refractivity contribution in [2.24, 2.45) is 0 Å². The molecule has 2 nitrogen and oxygen atoms in total. The summed E-state index contributed by atoms with van der Waals surface area (Å²) in [5, 5.41) is 0. The molecule has 0 aliphatic carbocycles. The van der Waals surface area contributed by atoms with E-state index in [-0.39, 0.29) is 5.91 Å². The fourth-order valence-corrected chi connectivity index (χ4v) is 1.78. The van der Waals surface area contributed by atoms with E-state index in [2.05, 4.69) is 31.7 Å². The standard InChI is InChI=1S/C13H19NOS/c1-11-5-3-4-6-12(11)7-9-14(2)13(15)8-10-16/h3-6,16H,7-10H2,1-2H3. The Morgan fingerprint density at radius 1 is 1.38 bits per heavy atom. The van der Waals surface area contributed by atoms with Crippen LogP contribution in [-0.2, 0) is 11.2 Å². The lowest BCUT2D eigenvalue weighted by Crippen LogP contribution is -2.29. The molecule has 16 heavy (non-hydrogen) atoms. The molecule has 0 unspecified atom stereocenters. The van der Waals surface area contributed by atoms with Gasteiger partial charge < -0.3 is 4.90 Å². The Bertz CT molecular complexity index is 352. The zero-order chi connectivity index (χ0) is 12.0. The van der Waals surface area contributed by atoms with Gasteiger partial charge in [-0.3, -0.25) is 4.79 Å². The van der Waals surface area contributed by atoms with Gasteiger partial charge in [0.1, 0.15) is 0 Å². The predicted molar refractivity (Wildman–Crippen MR) is 71.0 cm³/mol.